The molecular weight excluding hydrogens is 130 g/mol. The van der Waals surface area contributed by atoms with Crippen LogP contribution in [0.15, 0.2) is 0 Å². The van der Waals surface area contributed by atoms with E-state index in [1.165, 1.54) is 26.5 Å². The molecule has 0 aromatic carbocycles. The number of hydrogen-bond acceptors (Lipinski definition) is 3. The second-order valence-electron chi connectivity index (χ2n) is 2.40. The van der Waals surface area contributed by atoms with Crippen LogP contribution in [0.1, 0.15) is 12.8 Å². The lowest BCUT2D eigenvalue weighted by Crippen LogP contribution is -2.21. The predicted octanol–water partition coefficient (Wildman–Crippen LogP) is 0.417. The summed E-state index contributed by atoms with van der Waals surface area (Å²) in [5.74, 6) is -0.248. The van der Waals surface area contributed by atoms with Crippen LogP contribution < -0.4 is 0 Å². The lowest BCUT2D eigenvalue weighted by atomic mass is 10.4. The monoisotopic (exact) mass is 142 g/mol. The van der Waals surface area contributed by atoms with Gasteiger partial charge in [-0.3, -0.25) is 9.69 Å². The van der Waals surface area contributed by atoms with Gasteiger partial charge in [0.05, 0.1) is 7.11 Å². The van der Waals surface area contributed by atoms with Gasteiger partial charge in [-0.2, -0.15) is 0 Å². The maximum atomic E-state index is 10.6. The van der Waals surface area contributed by atoms with Crippen molar-refractivity contribution in [2.24, 2.45) is 0 Å². The summed E-state index contributed by atoms with van der Waals surface area (Å²) in [4.78, 5) is 12.6. The molecule has 10 heavy (non-hydrogen) atoms. The third-order valence-electron chi connectivity index (χ3n) is 1.63. The maximum Gasteiger partial charge on any atom is 0.325 e. The third-order valence-corrected chi connectivity index (χ3v) is 1.63. The Labute approximate surface area is 61.0 Å². The minimum Gasteiger partial charge on any atom is -0.468 e. The van der Waals surface area contributed by atoms with Crippen LogP contribution in [0.3, 0.4) is 0 Å². The van der Waals surface area contributed by atoms with Crippen molar-refractivity contribution in [3.63, 3.8) is 0 Å². The lowest BCUT2D eigenvalue weighted by Gasteiger charge is -2.10. The summed E-state index contributed by atoms with van der Waals surface area (Å²) in [7, 11) is 1.40. The zero-order valence-corrected chi connectivity index (χ0v) is 6.17. The van der Waals surface area contributed by atoms with Gasteiger partial charge in [-0.1, -0.05) is 0 Å². The summed E-state index contributed by atoms with van der Waals surface area (Å²) in [5.41, 5.74) is 0. The van der Waals surface area contributed by atoms with Gasteiger partial charge in [-0.05, 0) is 25.9 Å². The largest absolute Gasteiger partial charge is 0.468 e. The molecule has 0 saturated carbocycles. The van der Waals surface area contributed by atoms with Crippen molar-refractivity contribution in [1.82, 2.24) is 4.90 Å². The Bertz CT molecular complexity index is 119. The van der Waals surface area contributed by atoms with Gasteiger partial charge in [0.1, 0.15) is 6.54 Å². The van der Waals surface area contributed by atoms with Crippen LogP contribution in [0, 0.1) is 6.54 Å². The third kappa shape index (κ3) is 1.99. The first-order valence-electron chi connectivity index (χ1n) is 3.50. The number of carbonyl (C=O) groups excluding carboxylic acids is 1. The standard InChI is InChI=1S/C7H12NO2/c1-10-7(9)6-8-4-2-3-5-8/h6H,2-5H2,1H3. The van der Waals surface area contributed by atoms with E-state index in [2.05, 4.69) is 4.74 Å². The van der Waals surface area contributed by atoms with Gasteiger partial charge < -0.3 is 4.74 Å². The highest BCUT2D eigenvalue weighted by Crippen LogP contribution is 2.08. The van der Waals surface area contributed by atoms with E-state index in [4.69, 9.17) is 0 Å². The summed E-state index contributed by atoms with van der Waals surface area (Å²) >= 11 is 0. The molecule has 0 aromatic rings. The van der Waals surface area contributed by atoms with Gasteiger partial charge in [-0.25, -0.2) is 0 Å². The highest BCUT2D eigenvalue weighted by molar-refractivity contribution is 5.78. The molecule has 0 aromatic heterocycles. The molecule has 3 nitrogen and oxygen atoms in total. The van der Waals surface area contributed by atoms with Crippen molar-refractivity contribution in [3.05, 3.63) is 6.54 Å². The van der Waals surface area contributed by atoms with Gasteiger partial charge in [-0.15, -0.1) is 0 Å². The Balaban J connectivity index is 2.17. The Hall–Kier alpha value is -0.570. The van der Waals surface area contributed by atoms with Crippen LogP contribution in [0.4, 0.5) is 0 Å². The molecule has 0 spiro atoms. The highest BCUT2D eigenvalue weighted by Gasteiger charge is 2.15. The van der Waals surface area contributed by atoms with Gasteiger partial charge in [0, 0.05) is 0 Å². The molecule has 0 aliphatic carbocycles. The minimum atomic E-state index is -0.248. The summed E-state index contributed by atoms with van der Waals surface area (Å²) in [5, 5.41) is 0. The topological polar surface area (TPSA) is 29.5 Å². The van der Waals surface area contributed by atoms with E-state index in [1.807, 2.05) is 4.90 Å². The van der Waals surface area contributed by atoms with E-state index < -0.39 is 0 Å². The fourth-order valence-corrected chi connectivity index (χ4v) is 1.07. The average Bonchev–Trinajstić information content (AvgIpc) is 2.40. The van der Waals surface area contributed by atoms with Crippen molar-refractivity contribution in [2.75, 3.05) is 20.2 Å². The van der Waals surface area contributed by atoms with Gasteiger partial charge >= 0.3 is 5.97 Å². The molecule has 1 aliphatic heterocycles. The van der Waals surface area contributed by atoms with Crippen molar-refractivity contribution < 1.29 is 9.53 Å². The molecule has 1 heterocycles. The van der Waals surface area contributed by atoms with Crippen molar-refractivity contribution >= 4 is 5.97 Å². The summed E-state index contributed by atoms with van der Waals surface area (Å²) in [6.45, 7) is 3.53. The summed E-state index contributed by atoms with van der Waals surface area (Å²) < 4.78 is 4.48. The van der Waals surface area contributed by atoms with Crippen LogP contribution in [0.5, 0.6) is 0 Å². The molecule has 1 fully saturated rings. The van der Waals surface area contributed by atoms with E-state index in [-0.39, 0.29) is 5.97 Å². The van der Waals surface area contributed by atoms with Gasteiger partial charge in [0.15, 0.2) is 0 Å². The smallest absolute Gasteiger partial charge is 0.325 e. The van der Waals surface area contributed by atoms with E-state index >= 15 is 0 Å². The fraction of sp³-hybridized carbons (Fsp3) is 0.714. The second kappa shape index (κ2) is 3.56. The van der Waals surface area contributed by atoms with E-state index in [0.717, 1.165) is 13.1 Å². The van der Waals surface area contributed by atoms with Crippen molar-refractivity contribution in [1.29, 1.82) is 0 Å². The lowest BCUT2D eigenvalue weighted by molar-refractivity contribution is -0.138. The van der Waals surface area contributed by atoms with E-state index in [9.17, 15) is 4.79 Å². The maximum absolute atomic E-state index is 10.6. The predicted molar refractivity (Wildman–Crippen MR) is 37.1 cm³/mol. The minimum absolute atomic E-state index is 0.248. The molecular formula is C7H12NO2. The van der Waals surface area contributed by atoms with Crippen LogP contribution >= 0.6 is 0 Å². The Morgan fingerprint density at radius 3 is 2.60 bits per heavy atom. The van der Waals surface area contributed by atoms with Crippen LogP contribution in [-0.2, 0) is 9.53 Å². The highest BCUT2D eigenvalue weighted by atomic mass is 16.5. The zero-order chi connectivity index (χ0) is 7.40. The molecule has 0 amide bonds. The Morgan fingerprint density at radius 1 is 1.50 bits per heavy atom. The SMILES string of the molecule is COC(=O)[CH]N1CCCC1. The summed E-state index contributed by atoms with van der Waals surface area (Å²) in [6.07, 6.45) is 2.38. The molecule has 0 N–H and O–H groups in total. The van der Waals surface area contributed by atoms with Crippen LogP contribution in [-0.4, -0.2) is 31.1 Å². The Morgan fingerprint density at radius 2 is 2.10 bits per heavy atom. The summed E-state index contributed by atoms with van der Waals surface area (Å²) in [6, 6.07) is 0. The van der Waals surface area contributed by atoms with Gasteiger partial charge in [0.2, 0.25) is 0 Å². The first-order valence-corrected chi connectivity index (χ1v) is 3.50. The number of rotatable bonds is 2. The zero-order valence-electron chi connectivity index (χ0n) is 6.17. The molecule has 0 bridgehead atoms. The first kappa shape index (κ1) is 7.54. The average molecular weight is 142 g/mol. The number of esters is 1. The normalized spacial score (nSPS) is 19.3. The van der Waals surface area contributed by atoms with Crippen molar-refractivity contribution in [2.45, 2.75) is 12.8 Å². The molecule has 1 rings (SSSR count). The first-order chi connectivity index (χ1) is 4.83. The number of methoxy groups -OCH3 is 1. The quantitative estimate of drug-likeness (QED) is 0.523. The van der Waals surface area contributed by atoms with E-state index in [1.54, 1.807) is 0 Å². The molecule has 1 radical (unpaired) electrons. The molecule has 1 aliphatic rings. The molecule has 57 valence electrons. The Kier molecular flexibility index (Phi) is 2.68. The fourth-order valence-electron chi connectivity index (χ4n) is 1.07. The molecule has 3 heteroatoms. The van der Waals surface area contributed by atoms with Crippen LogP contribution in [0.2, 0.25) is 0 Å². The number of ether oxygens (including phenoxy) is 1. The van der Waals surface area contributed by atoms with Crippen molar-refractivity contribution in [3.8, 4) is 0 Å². The molecule has 0 unspecified atom stereocenters. The number of hydrogen-bond donors (Lipinski definition) is 0. The van der Waals surface area contributed by atoms with E-state index in [0.29, 0.717) is 0 Å². The number of nitrogens with zero attached hydrogens (tertiary/aromatic N) is 1. The van der Waals surface area contributed by atoms with Crippen LogP contribution in [0.25, 0.3) is 0 Å². The molecule has 1 saturated heterocycles. The number of likely N-dealkylation sites (tertiary alicyclic amines) is 1. The van der Waals surface area contributed by atoms with Gasteiger partial charge in [0.25, 0.3) is 0 Å². The number of carbonyl (C=O) groups is 1. The second-order valence-corrected chi connectivity index (χ2v) is 2.40. The molecule has 0 atom stereocenters.